The molecular weight excluding hydrogens is 492 g/mol. The number of hydrogen-bond acceptors (Lipinski definition) is 12. The van der Waals surface area contributed by atoms with Crippen LogP contribution in [0.4, 0.5) is 0 Å². The summed E-state index contributed by atoms with van der Waals surface area (Å²) in [6, 6.07) is 0. The first kappa shape index (κ1) is 27.4. The van der Waals surface area contributed by atoms with Gasteiger partial charge in [-0.25, -0.2) is 0 Å². The van der Waals surface area contributed by atoms with E-state index in [1.54, 1.807) is 20.8 Å². The van der Waals surface area contributed by atoms with E-state index in [9.17, 15) is 45.6 Å². The van der Waals surface area contributed by atoms with E-state index in [1.807, 2.05) is 0 Å². The summed E-state index contributed by atoms with van der Waals surface area (Å²) in [5, 5.41) is 86.2. The van der Waals surface area contributed by atoms with Crippen molar-refractivity contribution in [3.63, 3.8) is 0 Å². The molecular formula is C25H38O12. The Hall–Kier alpha value is -1.19. The second-order valence-electron chi connectivity index (χ2n) is 12.2. The Balaban J connectivity index is 1.62. The Morgan fingerprint density at radius 2 is 1.54 bits per heavy atom. The maximum Gasteiger partial charge on any atom is 0.310 e. The first-order chi connectivity index (χ1) is 17.1. The standard InChI is InChI=1S/C25H38O12/c1-8-11-21(33)37-20-17(32)18-23(2,34)6-5-10(24(18,3)19(25(11,20)4)15(30)12(8)27)36-22-16(31)14(29)13(28)9(7-26)35-22/h5-6,8-20,22,26-32,34H,7H2,1-4H3/t8-,9-,10-,11-,12-,13-,14+,15+,16-,17-,18-,19-,20-,22+,23-,24+,25+/m1/s1. The lowest BCUT2D eigenvalue weighted by molar-refractivity contribution is -0.343. The molecule has 0 radical (unpaired) electrons. The highest BCUT2D eigenvalue weighted by atomic mass is 16.7. The minimum Gasteiger partial charge on any atom is -0.459 e. The number of hydrogen-bond donors (Lipinski definition) is 8. The summed E-state index contributed by atoms with van der Waals surface area (Å²) in [6.07, 6.45) is -11.1. The second kappa shape index (κ2) is 8.65. The van der Waals surface area contributed by atoms with E-state index in [2.05, 4.69) is 0 Å². The number of rotatable bonds is 3. The quantitative estimate of drug-likeness (QED) is 0.136. The van der Waals surface area contributed by atoms with Crippen molar-refractivity contribution in [2.45, 2.75) is 94.5 Å². The molecule has 8 N–H and O–H groups in total. The van der Waals surface area contributed by atoms with Crippen LogP contribution in [0, 0.1) is 34.5 Å². The van der Waals surface area contributed by atoms with E-state index in [0.29, 0.717) is 0 Å². The van der Waals surface area contributed by atoms with Crippen LogP contribution < -0.4 is 0 Å². The summed E-state index contributed by atoms with van der Waals surface area (Å²) in [4.78, 5) is 13.0. The summed E-state index contributed by atoms with van der Waals surface area (Å²) >= 11 is 0. The molecule has 2 aliphatic heterocycles. The zero-order valence-electron chi connectivity index (χ0n) is 21.2. The molecule has 37 heavy (non-hydrogen) atoms. The number of carbonyl (C=O) groups is 1. The Morgan fingerprint density at radius 3 is 2.16 bits per heavy atom. The molecule has 3 aliphatic carbocycles. The molecule has 0 aromatic rings. The van der Waals surface area contributed by atoms with E-state index < -0.39 is 114 Å². The zero-order valence-corrected chi connectivity index (χ0v) is 21.2. The predicted molar refractivity (Wildman–Crippen MR) is 122 cm³/mol. The average molecular weight is 531 g/mol. The molecule has 2 saturated heterocycles. The molecule has 0 amide bonds. The number of fused-ring (bicyclic) bond motifs is 2. The zero-order chi connectivity index (χ0) is 27.4. The van der Waals surface area contributed by atoms with Gasteiger partial charge in [0, 0.05) is 22.7 Å². The van der Waals surface area contributed by atoms with Crippen LogP contribution in [-0.2, 0) is 19.0 Å². The van der Waals surface area contributed by atoms with E-state index >= 15 is 0 Å². The fraction of sp³-hybridized carbons (Fsp3) is 0.880. The molecule has 210 valence electrons. The first-order valence-corrected chi connectivity index (χ1v) is 12.8. The first-order valence-electron chi connectivity index (χ1n) is 12.8. The van der Waals surface area contributed by atoms with Crippen LogP contribution in [-0.4, -0.2) is 120 Å². The minimum absolute atomic E-state index is 0.601. The van der Waals surface area contributed by atoms with Crippen LogP contribution in [0.25, 0.3) is 0 Å². The van der Waals surface area contributed by atoms with Gasteiger partial charge in [-0.2, -0.15) is 0 Å². The van der Waals surface area contributed by atoms with Gasteiger partial charge in [-0.05, 0) is 12.8 Å². The molecule has 17 atom stereocenters. The normalized spacial score (nSPS) is 61.0. The van der Waals surface area contributed by atoms with Gasteiger partial charge < -0.3 is 55.1 Å². The maximum atomic E-state index is 13.0. The number of esters is 1. The Bertz CT molecular complexity index is 954. The van der Waals surface area contributed by atoms with E-state index in [0.717, 1.165) is 0 Å². The van der Waals surface area contributed by atoms with Gasteiger partial charge in [0.1, 0.15) is 30.5 Å². The third-order valence-corrected chi connectivity index (χ3v) is 10.2. The van der Waals surface area contributed by atoms with Crippen LogP contribution in [0.1, 0.15) is 27.7 Å². The molecule has 0 aromatic heterocycles. The molecule has 0 unspecified atom stereocenters. The van der Waals surface area contributed by atoms with Crippen molar-refractivity contribution in [3.8, 4) is 0 Å². The molecule has 2 heterocycles. The monoisotopic (exact) mass is 530 g/mol. The highest BCUT2D eigenvalue weighted by Gasteiger charge is 2.78. The van der Waals surface area contributed by atoms with Crippen LogP contribution in [0.5, 0.6) is 0 Å². The fourth-order valence-electron chi connectivity index (χ4n) is 8.63. The van der Waals surface area contributed by atoms with E-state index in [4.69, 9.17) is 14.2 Å². The molecule has 4 fully saturated rings. The van der Waals surface area contributed by atoms with Crippen molar-refractivity contribution in [1.29, 1.82) is 0 Å². The van der Waals surface area contributed by atoms with Crippen molar-refractivity contribution in [2.24, 2.45) is 34.5 Å². The third-order valence-electron chi connectivity index (χ3n) is 10.2. The Kier molecular flexibility index (Phi) is 6.40. The van der Waals surface area contributed by atoms with Crippen LogP contribution in [0.2, 0.25) is 0 Å². The van der Waals surface area contributed by atoms with Gasteiger partial charge in [0.15, 0.2) is 6.29 Å². The van der Waals surface area contributed by atoms with Crippen molar-refractivity contribution < 1.29 is 59.9 Å². The van der Waals surface area contributed by atoms with Crippen LogP contribution in [0.3, 0.4) is 0 Å². The lowest BCUT2D eigenvalue weighted by Crippen LogP contribution is -2.76. The summed E-state index contributed by atoms with van der Waals surface area (Å²) in [5.74, 6) is -4.13. The highest BCUT2D eigenvalue weighted by Crippen LogP contribution is 2.69. The van der Waals surface area contributed by atoms with E-state index in [1.165, 1.54) is 19.1 Å². The van der Waals surface area contributed by atoms with Gasteiger partial charge in [0.2, 0.25) is 0 Å². The SMILES string of the molecule is C[C@H]1[C@@H](O)[C@H](O)[C@H]2[C@@]3(C)[C@H](OC(=O)[C@@H]13)[C@H](O)[C@H]1[C@]2(C)[C@H](O[C@@H]2O[C@H](CO)[C@@H](O)[C@H](O)[C@H]2O)C=C[C@@]1(C)O. The molecule has 0 spiro atoms. The molecule has 12 heteroatoms. The maximum absolute atomic E-state index is 13.0. The topological polar surface area (TPSA) is 207 Å². The summed E-state index contributed by atoms with van der Waals surface area (Å²) in [7, 11) is 0. The number of aliphatic hydroxyl groups is 8. The largest absolute Gasteiger partial charge is 0.459 e. The molecule has 5 aliphatic rings. The number of aliphatic hydroxyl groups excluding tert-OH is 7. The van der Waals surface area contributed by atoms with Gasteiger partial charge in [0.25, 0.3) is 0 Å². The lowest BCUT2D eigenvalue weighted by atomic mass is 9.38. The molecule has 12 nitrogen and oxygen atoms in total. The predicted octanol–water partition coefficient (Wildman–Crippen LogP) is -2.98. The van der Waals surface area contributed by atoms with Crippen molar-refractivity contribution >= 4 is 5.97 Å². The molecule has 0 bridgehead atoms. The third kappa shape index (κ3) is 3.41. The van der Waals surface area contributed by atoms with Gasteiger partial charge in [0.05, 0.1) is 42.5 Å². The van der Waals surface area contributed by atoms with Gasteiger partial charge in [-0.15, -0.1) is 0 Å². The highest BCUT2D eigenvalue weighted by molar-refractivity contribution is 5.77. The molecule has 5 rings (SSSR count). The smallest absolute Gasteiger partial charge is 0.310 e. The molecule has 0 aromatic carbocycles. The average Bonchev–Trinajstić information content (AvgIpc) is 3.09. The Labute approximate surface area is 214 Å². The fourth-order valence-corrected chi connectivity index (χ4v) is 8.63. The van der Waals surface area contributed by atoms with Gasteiger partial charge in [-0.3, -0.25) is 4.79 Å². The van der Waals surface area contributed by atoms with Crippen molar-refractivity contribution in [3.05, 3.63) is 12.2 Å². The van der Waals surface area contributed by atoms with Gasteiger partial charge in [-0.1, -0.05) is 32.9 Å². The van der Waals surface area contributed by atoms with Crippen LogP contribution in [0.15, 0.2) is 12.2 Å². The van der Waals surface area contributed by atoms with Crippen molar-refractivity contribution in [2.75, 3.05) is 6.61 Å². The summed E-state index contributed by atoms with van der Waals surface area (Å²) < 4.78 is 17.4. The number of carbonyl (C=O) groups excluding carboxylic acids is 1. The second-order valence-corrected chi connectivity index (χ2v) is 12.2. The lowest BCUT2D eigenvalue weighted by Gasteiger charge is -2.67. The summed E-state index contributed by atoms with van der Waals surface area (Å²) in [5.41, 5.74) is -4.17. The van der Waals surface area contributed by atoms with Crippen molar-refractivity contribution in [1.82, 2.24) is 0 Å². The van der Waals surface area contributed by atoms with Gasteiger partial charge >= 0.3 is 5.97 Å². The molecule has 2 saturated carbocycles. The summed E-state index contributed by atoms with van der Waals surface area (Å²) in [6.45, 7) is 5.86. The van der Waals surface area contributed by atoms with E-state index in [-0.39, 0.29) is 0 Å². The number of ether oxygens (including phenoxy) is 3. The minimum atomic E-state index is -1.71. The van der Waals surface area contributed by atoms with Crippen LogP contribution >= 0.6 is 0 Å². The Morgan fingerprint density at radius 1 is 0.892 bits per heavy atom.